The second-order valence-corrected chi connectivity index (χ2v) is 7.93. The lowest BCUT2D eigenvalue weighted by Gasteiger charge is -2.23. The van der Waals surface area contributed by atoms with Crippen LogP contribution in [-0.2, 0) is 15.3 Å². The summed E-state index contributed by atoms with van der Waals surface area (Å²) >= 11 is 1.05. The molecule has 3 N–H and O–H groups in total. The van der Waals surface area contributed by atoms with Gasteiger partial charge in [0, 0.05) is 23.9 Å². The molecule has 4 rings (SSSR count). The molecule has 0 saturated carbocycles. The number of aromatic nitrogens is 2. The summed E-state index contributed by atoms with van der Waals surface area (Å²) in [5.41, 5.74) is -0.478. The second kappa shape index (κ2) is 8.87. The second-order valence-electron chi connectivity index (χ2n) is 6.97. The summed E-state index contributed by atoms with van der Waals surface area (Å²) in [5, 5.41) is 4.91. The third-order valence-corrected chi connectivity index (χ3v) is 5.62. The molecular weight excluding hydrogens is 445 g/mol. The first-order valence-electron chi connectivity index (χ1n) is 9.37. The largest absolute Gasteiger partial charge is 0.325 e. The van der Waals surface area contributed by atoms with Crippen LogP contribution < -0.4 is 16.2 Å². The number of H-pyrrole nitrogens is 1. The Morgan fingerprint density at radius 1 is 1.12 bits per heavy atom. The van der Waals surface area contributed by atoms with Crippen molar-refractivity contribution in [3.8, 4) is 0 Å². The predicted octanol–water partition coefficient (Wildman–Crippen LogP) is 3.54. The van der Waals surface area contributed by atoms with Gasteiger partial charge < -0.3 is 15.6 Å². The minimum absolute atomic E-state index is 0.0748. The predicted molar refractivity (Wildman–Crippen MR) is 112 cm³/mol. The monoisotopic (exact) mass is 460 g/mol. The number of nitrogens with one attached hydrogen (secondary N) is 3. The number of nitrogens with zero attached hydrogens (tertiary/aromatic N) is 1. The van der Waals surface area contributed by atoms with Crippen molar-refractivity contribution in [2.75, 3.05) is 10.6 Å². The number of carbonyl (C=O) groups excluding carboxylic acids is 2. The highest BCUT2D eigenvalue weighted by atomic mass is 32.2. The fourth-order valence-electron chi connectivity index (χ4n) is 3.26. The van der Waals surface area contributed by atoms with E-state index in [-0.39, 0.29) is 34.4 Å². The van der Waals surface area contributed by atoms with Crippen LogP contribution in [0.5, 0.6) is 0 Å². The number of thioether (sulfide) groups is 1. The van der Waals surface area contributed by atoms with Gasteiger partial charge in [-0.25, -0.2) is 18.2 Å². The minimum Gasteiger partial charge on any atom is -0.325 e. The van der Waals surface area contributed by atoms with Gasteiger partial charge in [-0.15, -0.1) is 0 Å². The molecule has 1 aliphatic heterocycles. The zero-order chi connectivity index (χ0) is 22.8. The number of halogens is 3. The van der Waals surface area contributed by atoms with Crippen LogP contribution in [0.15, 0.2) is 52.4 Å². The van der Waals surface area contributed by atoms with E-state index in [0.29, 0.717) is 11.6 Å². The van der Waals surface area contributed by atoms with Crippen LogP contribution in [0.25, 0.3) is 0 Å². The van der Waals surface area contributed by atoms with Crippen LogP contribution in [0.3, 0.4) is 0 Å². The van der Waals surface area contributed by atoms with Gasteiger partial charge in [-0.3, -0.25) is 14.4 Å². The van der Waals surface area contributed by atoms with Gasteiger partial charge in [0.2, 0.25) is 11.8 Å². The Kier molecular flexibility index (Phi) is 5.99. The number of fused-ring (bicyclic) bond motifs is 1. The van der Waals surface area contributed by atoms with Crippen molar-refractivity contribution in [2.45, 2.75) is 23.2 Å². The van der Waals surface area contributed by atoms with E-state index in [1.807, 2.05) is 0 Å². The van der Waals surface area contributed by atoms with Gasteiger partial charge in [-0.2, -0.15) is 0 Å². The molecule has 0 spiro atoms. The van der Waals surface area contributed by atoms with Crippen LogP contribution in [0, 0.1) is 17.5 Å². The number of hydrogen-bond acceptors (Lipinski definition) is 5. The molecule has 2 heterocycles. The quantitative estimate of drug-likeness (QED) is 0.399. The molecule has 2 amide bonds. The highest BCUT2D eigenvalue weighted by molar-refractivity contribution is 7.98. The lowest BCUT2D eigenvalue weighted by molar-refractivity contribution is -0.123. The van der Waals surface area contributed by atoms with Crippen molar-refractivity contribution in [3.63, 3.8) is 0 Å². The molecule has 1 aliphatic rings. The molecular formula is C21H15F3N4O3S. The molecule has 0 radical (unpaired) electrons. The van der Waals surface area contributed by atoms with E-state index >= 15 is 0 Å². The number of hydrogen-bond donors (Lipinski definition) is 3. The third-order valence-electron chi connectivity index (χ3n) is 4.70. The zero-order valence-corrected chi connectivity index (χ0v) is 17.1. The fourth-order valence-corrected chi connectivity index (χ4v) is 4.11. The van der Waals surface area contributed by atoms with Crippen molar-refractivity contribution in [1.29, 1.82) is 0 Å². The van der Waals surface area contributed by atoms with E-state index in [2.05, 4.69) is 20.6 Å². The molecule has 0 bridgehead atoms. The molecule has 1 atom stereocenters. The molecule has 0 fully saturated rings. The summed E-state index contributed by atoms with van der Waals surface area (Å²) in [6, 6.07) is 8.61. The Morgan fingerprint density at radius 2 is 1.84 bits per heavy atom. The van der Waals surface area contributed by atoms with Crippen molar-refractivity contribution in [1.82, 2.24) is 9.97 Å². The summed E-state index contributed by atoms with van der Waals surface area (Å²) in [6.45, 7) is 0. The molecule has 32 heavy (non-hydrogen) atoms. The molecule has 7 nitrogen and oxygen atoms in total. The number of amides is 2. The van der Waals surface area contributed by atoms with E-state index in [4.69, 9.17) is 0 Å². The Hall–Kier alpha value is -3.60. The van der Waals surface area contributed by atoms with Gasteiger partial charge in [0.05, 0.1) is 11.5 Å². The normalized spacial score (nSPS) is 15.1. The van der Waals surface area contributed by atoms with Gasteiger partial charge in [0.15, 0.2) is 5.16 Å². The van der Waals surface area contributed by atoms with Crippen LogP contribution in [0.1, 0.15) is 23.5 Å². The molecule has 3 aromatic rings. The van der Waals surface area contributed by atoms with Gasteiger partial charge in [0.1, 0.15) is 23.3 Å². The van der Waals surface area contributed by atoms with Crippen LogP contribution in [0.2, 0.25) is 0 Å². The van der Waals surface area contributed by atoms with Crippen molar-refractivity contribution < 1.29 is 22.8 Å². The van der Waals surface area contributed by atoms with Gasteiger partial charge >= 0.3 is 0 Å². The average Bonchev–Trinajstić information content (AvgIpc) is 2.71. The maximum Gasteiger partial charge on any atom is 0.257 e. The summed E-state index contributed by atoms with van der Waals surface area (Å²) in [6.07, 6.45) is -0.344. The van der Waals surface area contributed by atoms with Gasteiger partial charge in [-0.1, -0.05) is 30.0 Å². The van der Waals surface area contributed by atoms with Crippen molar-refractivity contribution in [3.05, 3.63) is 81.4 Å². The van der Waals surface area contributed by atoms with E-state index < -0.39 is 40.7 Å². The molecule has 0 saturated heterocycles. The minimum atomic E-state index is -1.22. The number of benzene rings is 2. The van der Waals surface area contributed by atoms with Crippen molar-refractivity contribution >= 4 is 35.1 Å². The van der Waals surface area contributed by atoms with Gasteiger partial charge in [-0.05, 0) is 23.8 Å². The highest BCUT2D eigenvalue weighted by Gasteiger charge is 2.35. The zero-order valence-electron chi connectivity index (χ0n) is 16.2. The fraction of sp³-hybridized carbons (Fsp3) is 0.143. The number of anilines is 2. The molecule has 0 aliphatic carbocycles. The van der Waals surface area contributed by atoms with Crippen LogP contribution >= 0.6 is 11.8 Å². The maximum atomic E-state index is 13.8. The van der Waals surface area contributed by atoms with E-state index in [1.54, 1.807) is 18.2 Å². The van der Waals surface area contributed by atoms with Crippen LogP contribution in [0.4, 0.5) is 24.7 Å². The first kappa shape index (κ1) is 21.6. The first-order chi connectivity index (χ1) is 15.3. The molecule has 1 aromatic heterocycles. The highest BCUT2D eigenvalue weighted by Crippen LogP contribution is 2.31. The first-order valence-corrected chi connectivity index (χ1v) is 10.4. The van der Waals surface area contributed by atoms with Crippen LogP contribution in [-0.4, -0.2) is 21.8 Å². The Balaban J connectivity index is 1.59. The van der Waals surface area contributed by atoms with E-state index in [0.717, 1.165) is 23.9 Å². The SMILES string of the molecule is O=C1CC(C(=O)Nc2cc(F)cc(F)c2)c2c(nc(SCc3ccccc3F)[nH]c2=O)N1. The summed E-state index contributed by atoms with van der Waals surface area (Å²) in [7, 11) is 0. The third kappa shape index (κ3) is 4.67. The number of aromatic amines is 1. The Labute approximate surface area is 183 Å². The maximum absolute atomic E-state index is 13.8. The smallest absolute Gasteiger partial charge is 0.257 e. The molecule has 164 valence electrons. The Morgan fingerprint density at radius 3 is 2.56 bits per heavy atom. The number of carbonyl (C=O) groups is 2. The van der Waals surface area contributed by atoms with E-state index in [1.165, 1.54) is 6.07 Å². The Bertz CT molecular complexity index is 1260. The summed E-state index contributed by atoms with van der Waals surface area (Å²) < 4.78 is 40.6. The standard InChI is InChI=1S/C21H15F3N4O3S/c22-11-5-12(23)7-13(6-11)25-19(30)14-8-16(29)26-18-17(14)20(31)28-21(27-18)32-9-10-3-1-2-4-15(10)24/h1-7,14H,8-9H2,(H,25,30)(H2,26,27,28,29,31). The van der Waals surface area contributed by atoms with Crippen molar-refractivity contribution in [2.24, 2.45) is 0 Å². The topological polar surface area (TPSA) is 104 Å². The lowest BCUT2D eigenvalue weighted by Crippen LogP contribution is -2.36. The average molecular weight is 460 g/mol. The summed E-state index contributed by atoms with van der Waals surface area (Å²) in [5.74, 6) is -4.65. The molecule has 1 unspecified atom stereocenters. The summed E-state index contributed by atoms with van der Waals surface area (Å²) in [4.78, 5) is 44.3. The molecule has 11 heteroatoms. The van der Waals surface area contributed by atoms with Gasteiger partial charge in [0.25, 0.3) is 5.56 Å². The number of rotatable bonds is 5. The lowest BCUT2D eigenvalue weighted by atomic mass is 9.92. The van der Waals surface area contributed by atoms with E-state index in [9.17, 15) is 27.6 Å². The molecule has 2 aromatic carbocycles.